The maximum absolute atomic E-state index is 7.09. The summed E-state index contributed by atoms with van der Waals surface area (Å²) in [7, 11) is 0. The van der Waals surface area contributed by atoms with Crippen LogP contribution in [-0.4, -0.2) is 19.5 Å². The average Bonchev–Trinajstić information content (AvgIpc) is 3.88. The molecule has 0 amide bonds. The van der Waals surface area contributed by atoms with Crippen molar-refractivity contribution in [2.45, 2.75) is 12.8 Å². The summed E-state index contributed by atoms with van der Waals surface area (Å²) in [6.07, 6.45) is 8.86. The number of nitrogens with zero attached hydrogens (tertiary/aromatic N) is 4. The summed E-state index contributed by atoms with van der Waals surface area (Å²) in [6, 6.07) is 62.6. The summed E-state index contributed by atoms with van der Waals surface area (Å²) in [6.45, 7) is 0. The van der Waals surface area contributed by atoms with E-state index in [1.807, 2.05) is 0 Å². The van der Waals surface area contributed by atoms with E-state index in [1.54, 1.807) is 0 Å². The molecule has 0 saturated heterocycles. The minimum Gasteiger partial charge on any atom is -0.455 e. The average molecular weight is 793 g/mol. The molecule has 0 unspecified atom stereocenters. The van der Waals surface area contributed by atoms with Crippen molar-refractivity contribution in [2.75, 3.05) is 0 Å². The van der Waals surface area contributed by atoms with Gasteiger partial charge in [-0.05, 0) is 93.4 Å². The van der Waals surface area contributed by atoms with Crippen LogP contribution in [0, 0.1) is 0 Å². The van der Waals surface area contributed by atoms with Crippen molar-refractivity contribution in [3.05, 3.63) is 200 Å². The SMILES string of the molecule is C1=CC(c2cccc(-c3nc(-c4cccc5ccccc45)nc(-c4cc(-n5c6ccccc6c6cc7ccccc7cc65)cc5c4oc4c6ccccc6ccc54)n3)c2)=CCC1. The van der Waals surface area contributed by atoms with Gasteiger partial charge in [0.25, 0.3) is 0 Å². The fourth-order valence-corrected chi connectivity index (χ4v) is 9.65. The smallest absolute Gasteiger partial charge is 0.167 e. The van der Waals surface area contributed by atoms with Gasteiger partial charge in [-0.25, -0.2) is 15.0 Å². The molecule has 1 aliphatic rings. The number of hydrogen-bond acceptors (Lipinski definition) is 4. The molecular weight excluding hydrogens is 757 g/mol. The highest BCUT2D eigenvalue weighted by molar-refractivity contribution is 6.19. The number of aromatic nitrogens is 4. The molecule has 3 heterocycles. The van der Waals surface area contributed by atoms with Gasteiger partial charge in [0.1, 0.15) is 11.2 Å². The Hall–Kier alpha value is -8.15. The zero-order chi connectivity index (χ0) is 40.7. The molecule has 0 aliphatic heterocycles. The molecule has 5 heteroatoms. The van der Waals surface area contributed by atoms with Crippen LogP contribution in [0.2, 0.25) is 0 Å². The van der Waals surface area contributed by atoms with Crippen molar-refractivity contribution >= 4 is 81.6 Å². The van der Waals surface area contributed by atoms with E-state index in [0.29, 0.717) is 17.5 Å². The molecule has 62 heavy (non-hydrogen) atoms. The monoisotopic (exact) mass is 792 g/mol. The van der Waals surface area contributed by atoms with Crippen molar-refractivity contribution in [3.63, 3.8) is 0 Å². The topological polar surface area (TPSA) is 56.7 Å². The molecule has 0 radical (unpaired) electrons. The molecule has 290 valence electrons. The maximum atomic E-state index is 7.09. The van der Waals surface area contributed by atoms with E-state index >= 15 is 0 Å². The first kappa shape index (κ1) is 34.7. The minimum absolute atomic E-state index is 0.543. The summed E-state index contributed by atoms with van der Waals surface area (Å²) in [4.78, 5) is 16.1. The van der Waals surface area contributed by atoms with E-state index in [-0.39, 0.29) is 0 Å². The molecule has 0 saturated carbocycles. The van der Waals surface area contributed by atoms with Gasteiger partial charge in [0.05, 0.1) is 16.6 Å². The quantitative estimate of drug-likeness (QED) is 0.174. The van der Waals surface area contributed by atoms with E-state index in [4.69, 9.17) is 19.4 Å². The van der Waals surface area contributed by atoms with E-state index < -0.39 is 0 Å². The fourth-order valence-electron chi connectivity index (χ4n) is 9.65. The standard InChI is InChI=1S/C57H36N4O/c1-2-14-35(15-3-1)38-21-12-22-41(30-38)55-58-56(47-26-13-20-36-16-6-8-23-43(36)47)60-57(59-55)50-34-42(33-49-46-29-28-37-17-7-9-24-44(37)53(46)62-54(49)50)61-51-27-11-10-25-45(51)48-31-39-18-4-5-19-40(39)32-52(48)61/h2,4-34H,1,3H2. The third-order valence-corrected chi connectivity index (χ3v) is 12.6. The molecule has 12 aromatic rings. The van der Waals surface area contributed by atoms with Gasteiger partial charge in [-0.15, -0.1) is 0 Å². The lowest BCUT2D eigenvalue weighted by molar-refractivity contribution is 0.673. The Balaban J connectivity index is 1.14. The van der Waals surface area contributed by atoms with Crippen molar-refractivity contribution in [2.24, 2.45) is 0 Å². The van der Waals surface area contributed by atoms with Gasteiger partial charge in [-0.1, -0.05) is 152 Å². The third kappa shape index (κ3) is 5.45. The Morgan fingerprint density at radius 3 is 1.92 bits per heavy atom. The molecule has 9 aromatic carbocycles. The lowest BCUT2D eigenvalue weighted by Crippen LogP contribution is -2.02. The first-order valence-electron chi connectivity index (χ1n) is 21.2. The minimum atomic E-state index is 0.543. The zero-order valence-electron chi connectivity index (χ0n) is 33.6. The normalized spacial score (nSPS) is 13.1. The first-order valence-corrected chi connectivity index (χ1v) is 21.2. The highest BCUT2D eigenvalue weighted by atomic mass is 16.3. The summed E-state index contributed by atoms with van der Waals surface area (Å²) < 4.78 is 9.48. The molecule has 13 rings (SSSR count). The van der Waals surface area contributed by atoms with Crippen molar-refractivity contribution in [3.8, 4) is 39.9 Å². The Morgan fingerprint density at radius 1 is 0.403 bits per heavy atom. The van der Waals surface area contributed by atoms with Gasteiger partial charge in [-0.2, -0.15) is 0 Å². The predicted molar refractivity (Wildman–Crippen MR) is 257 cm³/mol. The third-order valence-electron chi connectivity index (χ3n) is 12.6. The summed E-state index contributed by atoms with van der Waals surface area (Å²) in [5.41, 5.74) is 9.84. The van der Waals surface area contributed by atoms with Crippen molar-refractivity contribution in [1.82, 2.24) is 19.5 Å². The summed E-state index contributed by atoms with van der Waals surface area (Å²) in [5, 5.41) is 11.2. The molecule has 5 nitrogen and oxygen atoms in total. The number of benzene rings is 9. The Labute approximate surface area is 356 Å². The molecule has 0 atom stereocenters. The van der Waals surface area contributed by atoms with E-state index in [0.717, 1.165) is 95.3 Å². The predicted octanol–water partition coefficient (Wildman–Crippen LogP) is 15.1. The zero-order valence-corrected chi connectivity index (χ0v) is 33.6. The largest absolute Gasteiger partial charge is 0.455 e. The second-order valence-electron chi connectivity index (χ2n) is 16.3. The van der Waals surface area contributed by atoms with Gasteiger partial charge in [0, 0.05) is 43.7 Å². The van der Waals surface area contributed by atoms with Crippen LogP contribution in [0.25, 0.3) is 121 Å². The fraction of sp³-hybridized carbons (Fsp3) is 0.0351. The Bertz CT molecular complexity index is 3880. The van der Waals surface area contributed by atoms with Crippen LogP contribution < -0.4 is 0 Å². The molecule has 0 bridgehead atoms. The van der Waals surface area contributed by atoms with E-state index in [1.165, 1.54) is 27.1 Å². The van der Waals surface area contributed by atoms with Gasteiger partial charge in [0.15, 0.2) is 17.5 Å². The summed E-state index contributed by atoms with van der Waals surface area (Å²) >= 11 is 0. The molecule has 1 aliphatic carbocycles. The van der Waals surface area contributed by atoms with Gasteiger partial charge in [0.2, 0.25) is 0 Å². The lowest BCUT2D eigenvalue weighted by Gasteiger charge is -2.14. The van der Waals surface area contributed by atoms with E-state index in [9.17, 15) is 0 Å². The van der Waals surface area contributed by atoms with E-state index in [2.05, 4.69) is 199 Å². The van der Waals surface area contributed by atoms with Crippen molar-refractivity contribution in [1.29, 1.82) is 0 Å². The number of para-hydroxylation sites is 1. The van der Waals surface area contributed by atoms with Crippen LogP contribution in [-0.2, 0) is 0 Å². The van der Waals surface area contributed by atoms with Gasteiger partial charge < -0.3 is 8.98 Å². The molecule has 0 N–H and O–H groups in total. The Kier molecular flexibility index (Phi) is 7.66. The van der Waals surface area contributed by atoms with Gasteiger partial charge >= 0.3 is 0 Å². The number of fused-ring (bicyclic) bond motifs is 10. The second kappa shape index (κ2) is 13.7. The van der Waals surface area contributed by atoms with Crippen LogP contribution in [0.1, 0.15) is 18.4 Å². The molecule has 0 spiro atoms. The van der Waals surface area contributed by atoms with Crippen LogP contribution in [0.3, 0.4) is 0 Å². The maximum Gasteiger partial charge on any atom is 0.167 e. The summed E-state index contributed by atoms with van der Waals surface area (Å²) in [5.74, 6) is 1.75. The van der Waals surface area contributed by atoms with Crippen LogP contribution in [0.5, 0.6) is 0 Å². The second-order valence-corrected chi connectivity index (χ2v) is 16.3. The molecule has 0 fully saturated rings. The molecular formula is C57H36N4O. The molecule has 3 aromatic heterocycles. The number of allylic oxidation sites excluding steroid dienone is 4. The van der Waals surface area contributed by atoms with Crippen LogP contribution >= 0.6 is 0 Å². The lowest BCUT2D eigenvalue weighted by atomic mass is 9.98. The number of hydrogen-bond donors (Lipinski definition) is 0. The van der Waals surface area contributed by atoms with Crippen molar-refractivity contribution < 1.29 is 4.42 Å². The highest BCUT2D eigenvalue weighted by Gasteiger charge is 2.23. The number of furan rings is 1. The van der Waals surface area contributed by atoms with Gasteiger partial charge in [-0.3, -0.25) is 0 Å². The van der Waals surface area contributed by atoms with Crippen LogP contribution in [0.15, 0.2) is 199 Å². The first-order chi connectivity index (χ1) is 30.7. The Morgan fingerprint density at radius 2 is 1.08 bits per heavy atom. The number of rotatable bonds is 5. The highest BCUT2D eigenvalue weighted by Crippen LogP contribution is 2.43. The van der Waals surface area contributed by atoms with Crippen LogP contribution in [0.4, 0.5) is 0 Å².